The van der Waals surface area contributed by atoms with Crippen LogP contribution >= 0.6 is 12.4 Å². The van der Waals surface area contributed by atoms with E-state index in [1.807, 2.05) is 24.3 Å². The molecule has 0 aromatic heterocycles. The normalized spacial score (nSPS) is 15.0. The van der Waals surface area contributed by atoms with Crippen LogP contribution in [0, 0.1) is 0 Å². The third kappa shape index (κ3) is 5.89. The zero-order chi connectivity index (χ0) is 15.0. The summed E-state index contributed by atoms with van der Waals surface area (Å²) in [5.41, 5.74) is 2.50. The molecule has 0 saturated heterocycles. The Bertz CT molecular complexity index is 567. The predicted octanol–water partition coefficient (Wildman–Crippen LogP) is 5.11. The molecule has 0 aliphatic heterocycles. The molecule has 0 heterocycles. The highest BCUT2D eigenvalue weighted by atomic mass is 35.5. The van der Waals surface area contributed by atoms with Gasteiger partial charge >= 0.3 is 0 Å². The number of hydrogen-bond donors (Lipinski definition) is 1. The maximum absolute atomic E-state index is 5.90. The molecule has 1 aliphatic rings. The zero-order valence-electron chi connectivity index (χ0n) is 13.5. The summed E-state index contributed by atoms with van der Waals surface area (Å²) in [6, 6.07) is 19.4. The maximum atomic E-state index is 5.90. The van der Waals surface area contributed by atoms with Crippen LogP contribution in [0.5, 0.6) is 5.75 Å². The van der Waals surface area contributed by atoms with Crippen molar-refractivity contribution in [3.63, 3.8) is 0 Å². The van der Waals surface area contributed by atoms with E-state index in [0.717, 1.165) is 12.3 Å². The lowest BCUT2D eigenvalue weighted by atomic mass is 9.95. The van der Waals surface area contributed by atoms with Crippen molar-refractivity contribution in [3.8, 4) is 5.75 Å². The Morgan fingerprint density at radius 3 is 2.39 bits per heavy atom. The molecular weight excluding hydrogens is 306 g/mol. The van der Waals surface area contributed by atoms with E-state index in [2.05, 4.69) is 35.6 Å². The molecule has 2 nitrogen and oxygen atoms in total. The summed E-state index contributed by atoms with van der Waals surface area (Å²) in [6.45, 7) is 1.56. The van der Waals surface area contributed by atoms with E-state index in [0.29, 0.717) is 12.6 Å². The van der Waals surface area contributed by atoms with E-state index >= 15 is 0 Å². The van der Waals surface area contributed by atoms with E-state index in [1.165, 1.54) is 43.2 Å². The van der Waals surface area contributed by atoms with Gasteiger partial charge in [-0.3, -0.25) is 0 Å². The lowest BCUT2D eigenvalue weighted by molar-refractivity contribution is 0.305. The molecule has 3 rings (SSSR count). The van der Waals surface area contributed by atoms with Crippen LogP contribution in [0.2, 0.25) is 0 Å². The van der Waals surface area contributed by atoms with Crippen LogP contribution in [0.15, 0.2) is 54.6 Å². The summed E-state index contributed by atoms with van der Waals surface area (Å²) in [5.74, 6) is 0.951. The van der Waals surface area contributed by atoms with Gasteiger partial charge in [-0.1, -0.05) is 61.7 Å². The van der Waals surface area contributed by atoms with Gasteiger partial charge < -0.3 is 10.1 Å². The predicted molar refractivity (Wildman–Crippen MR) is 98.2 cm³/mol. The topological polar surface area (TPSA) is 21.3 Å². The first-order chi connectivity index (χ1) is 10.9. The number of ether oxygens (including phenoxy) is 1. The molecule has 23 heavy (non-hydrogen) atoms. The van der Waals surface area contributed by atoms with Crippen LogP contribution in [0.3, 0.4) is 0 Å². The zero-order valence-corrected chi connectivity index (χ0v) is 14.4. The second-order valence-corrected chi connectivity index (χ2v) is 6.14. The molecular formula is C20H26ClNO. The summed E-state index contributed by atoms with van der Waals surface area (Å²) in [4.78, 5) is 0. The average molecular weight is 332 g/mol. The third-order valence-corrected chi connectivity index (χ3v) is 4.35. The van der Waals surface area contributed by atoms with Crippen LogP contribution in [0.25, 0.3) is 0 Å². The second kappa shape index (κ2) is 9.59. The smallest absolute Gasteiger partial charge is 0.120 e. The molecule has 1 saturated carbocycles. The van der Waals surface area contributed by atoms with Gasteiger partial charge in [0.15, 0.2) is 0 Å². The third-order valence-electron chi connectivity index (χ3n) is 4.35. The van der Waals surface area contributed by atoms with Gasteiger partial charge in [-0.15, -0.1) is 12.4 Å². The molecule has 1 aliphatic carbocycles. The summed E-state index contributed by atoms with van der Waals surface area (Å²) < 4.78 is 5.90. The number of nitrogens with one attached hydrogen (secondary N) is 1. The number of rotatable bonds is 6. The van der Waals surface area contributed by atoms with E-state index in [9.17, 15) is 0 Å². The molecule has 0 bridgehead atoms. The van der Waals surface area contributed by atoms with Crippen molar-refractivity contribution in [3.05, 3.63) is 65.7 Å². The Labute approximate surface area is 145 Å². The Morgan fingerprint density at radius 1 is 0.870 bits per heavy atom. The second-order valence-electron chi connectivity index (χ2n) is 6.14. The van der Waals surface area contributed by atoms with Crippen LogP contribution in [0.4, 0.5) is 0 Å². The van der Waals surface area contributed by atoms with Gasteiger partial charge in [0.25, 0.3) is 0 Å². The quantitative estimate of drug-likeness (QED) is 0.794. The SMILES string of the molecule is Cl.c1ccc(COc2cccc(CNC3CCCCC3)c2)cc1. The van der Waals surface area contributed by atoms with E-state index in [1.54, 1.807) is 0 Å². The summed E-state index contributed by atoms with van der Waals surface area (Å²) in [6.07, 6.45) is 6.80. The van der Waals surface area contributed by atoms with Crippen LogP contribution in [0.1, 0.15) is 43.2 Å². The molecule has 124 valence electrons. The lowest BCUT2D eigenvalue weighted by Gasteiger charge is -2.23. The van der Waals surface area contributed by atoms with Gasteiger partial charge in [0.2, 0.25) is 0 Å². The maximum Gasteiger partial charge on any atom is 0.120 e. The van der Waals surface area contributed by atoms with Crippen molar-refractivity contribution in [2.75, 3.05) is 0 Å². The highest BCUT2D eigenvalue weighted by Gasteiger charge is 2.12. The molecule has 0 atom stereocenters. The summed E-state index contributed by atoms with van der Waals surface area (Å²) in [7, 11) is 0. The number of benzene rings is 2. The molecule has 2 aromatic rings. The van der Waals surface area contributed by atoms with E-state index in [4.69, 9.17) is 4.74 Å². The Balaban J connectivity index is 0.00000192. The van der Waals surface area contributed by atoms with Crippen LogP contribution in [-0.2, 0) is 13.2 Å². The molecule has 1 N–H and O–H groups in total. The highest BCUT2D eigenvalue weighted by Crippen LogP contribution is 2.19. The Kier molecular flexibility index (Phi) is 7.44. The van der Waals surface area contributed by atoms with Crippen LogP contribution < -0.4 is 10.1 Å². The fourth-order valence-electron chi connectivity index (χ4n) is 3.06. The Morgan fingerprint density at radius 2 is 1.61 bits per heavy atom. The van der Waals surface area contributed by atoms with Gasteiger partial charge in [0.1, 0.15) is 12.4 Å². The lowest BCUT2D eigenvalue weighted by Crippen LogP contribution is -2.30. The first kappa shape index (κ1) is 17.8. The summed E-state index contributed by atoms with van der Waals surface area (Å²) in [5, 5.41) is 3.68. The van der Waals surface area contributed by atoms with Crippen molar-refractivity contribution in [2.24, 2.45) is 0 Å². The van der Waals surface area contributed by atoms with Crippen LogP contribution in [-0.4, -0.2) is 6.04 Å². The number of halogens is 1. The standard InChI is InChI=1S/C20H25NO.ClH/c1-3-8-17(9-4-1)16-22-20-13-7-10-18(14-20)15-21-19-11-5-2-6-12-19;/h1,3-4,7-10,13-14,19,21H,2,5-6,11-12,15-16H2;1H. The number of hydrogen-bond acceptors (Lipinski definition) is 2. The molecule has 0 radical (unpaired) electrons. The fourth-order valence-corrected chi connectivity index (χ4v) is 3.06. The van der Waals surface area contributed by atoms with Gasteiger partial charge in [0, 0.05) is 12.6 Å². The first-order valence-corrected chi connectivity index (χ1v) is 8.39. The average Bonchev–Trinajstić information content (AvgIpc) is 2.60. The van der Waals surface area contributed by atoms with E-state index < -0.39 is 0 Å². The van der Waals surface area contributed by atoms with Crippen molar-refractivity contribution >= 4 is 12.4 Å². The van der Waals surface area contributed by atoms with Crippen molar-refractivity contribution in [1.29, 1.82) is 0 Å². The first-order valence-electron chi connectivity index (χ1n) is 8.39. The molecule has 3 heteroatoms. The summed E-state index contributed by atoms with van der Waals surface area (Å²) >= 11 is 0. The molecule has 0 unspecified atom stereocenters. The Hall–Kier alpha value is -1.51. The highest BCUT2D eigenvalue weighted by molar-refractivity contribution is 5.85. The largest absolute Gasteiger partial charge is 0.489 e. The minimum atomic E-state index is 0. The van der Waals surface area contributed by atoms with Gasteiger partial charge in [-0.2, -0.15) is 0 Å². The molecule has 2 aromatic carbocycles. The molecule has 0 amide bonds. The van der Waals surface area contributed by atoms with Gasteiger partial charge in [0.05, 0.1) is 0 Å². The molecule has 1 fully saturated rings. The van der Waals surface area contributed by atoms with E-state index in [-0.39, 0.29) is 12.4 Å². The minimum Gasteiger partial charge on any atom is -0.489 e. The monoisotopic (exact) mass is 331 g/mol. The minimum absolute atomic E-state index is 0. The van der Waals surface area contributed by atoms with Gasteiger partial charge in [-0.25, -0.2) is 0 Å². The van der Waals surface area contributed by atoms with Gasteiger partial charge in [-0.05, 0) is 36.1 Å². The fraction of sp³-hybridized carbons (Fsp3) is 0.400. The molecule has 0 spiro atoms. The van der Waals surface area contributed by atoms with Crippen molar-refractivity contribution in [2.45, 2.75) is 51.3 Å². The van der Waals surface area contributed by atoms with Crippen molar-refractivity contribution in [1.82, 2.24) is 5.32 Å². The van der Waals surface area contributed by atoms with Crippen molar-refractivity contribution < 1.29 is 4.74 Å².